The molecule has 14 heavy (non-hydrogen) atoms. The summed E-state index contributed by atoms with van der Waals surface area (Å²) in [6, 6.07) is 6.85. The first-order valence-electron chi connectivity index (χ1n) is 4.15. The molecular weight excluding hydrogens is 200 g/mol. The molecule has 0 spiro atoms. The van der Waals surface area contributed by atoms with Crippen LogP contribution in [0.5, 0.6) is 5.75 Å². The van der Waals surface area contributed by atoms with Gasteiger partial charge in [0.25, 0.3) is 0 Å². The zero-order valence-electron chi connectivity index (χ0n) is 7.83. The Balaban J connectivity index is 3.04. The lowest BCUT2D eigenvalue weighted by Gasteiger charge is -2.13. The van der Waals surface area contributed by atoms with Crippen LogP contribution in [0, 0.1) is 11.3 Å². The maximum atomic E-state index is 8.53. The third-order valence-corrected chi connectivity index (χ3v) is 2.14. The van der Waals surface area contributed by atoms with Crippen molar-refractivity contribution in [1.29, 1.82) is 5.26 Å². The van der Waals surface area contributed by atoms with E-state index in [0.29, 0.717) is 10.8 Å². The molecule has 0 saturated heterocycles. The minimum Gasteiger partial charge on any atom is -0.496 e. The van der Waals surface area contributed by atoms with E-state index in [4.69, 9.17) is 27.3 Å². The highest BCUT2D eigenvalue weighted by Gasteiger charge is 2.11. The molecule has 4 heteroatoms. The van der Waals surface area contributed by atoms with Crippen LogP contribution in [-0.2, 0) is 0 Å². The number of nitrogens with two attached hydrogens (primary N) is 1. The van der Waals surface area contributed by atoms with Gasteiger partial charge >= 0.3 is 0 Å². The summed E-state index contributed by atoms with van der Waals surface area (Å²) in [6.45, 7) is 0. The molecular formula is C10H11ClN2O. The average molecular weight is 211 g/mol. The van der Waals surface area contributed by atoms with Crippen LogP contribution in [0.25, 0.3) is 0 Å². The van der Waals surface area contributed by atoms with E-state index < -0.39 is 0 Å². The van der Waals surface area contributed by atoms with Gasteiger partial charge in [0.2, 0.25) is 0 Å². The summed E-state index contributed by atoms with van der Waals surface area (Å²) in [5, 5.41) is 9.12. The summed E-state index contributed by atoms with van der Waals surface area (Å²) in [7, 11) is 1.56. The van der Waals surface area contributed by atoms with E-state index >= 15 is 0 Å². The number of halogens is 1. The van der Waals surface area contributed by atoms with Crippen molar-refractivity contribution >= 4 is 11.6 Å². The molecule has 0 heterocycles. The SMILES string of the molecule is COc1ccc(Cl)cc1[C@@H](N)CC#N. The van der Waals surface area contributed by atoms with Crippen molar-refractivity contribution in [2.45, 2.75) is 12.5 Å². The first-order valence-corrected chi connectivity index (χ1v) is 4.52. The van der Waals surface area contributed by atoms with Gasteiger partial charge in [0.15, 0.2) is 0 Å². The predicted octanol–water partition coefficient (Wildman–Crippen LogP) is 2.26. The quantitative estimate of drug-likeness (QED) is 0.833. The Morgan fingerprint density at radius 2 is 2.36 bits per heavy atom. The number of benzene rings is 1. The summed E-state index contributed by atoms with van der Waals surface area (Å²) < 4.78 is 5.12. The molecule has 1 rings (SSSR count). The average Bonchev–Trinajstić information content (AvgIpc) is 2.18. The van der Waals surface area contributed by atoms with Gasteiger partial charge in [-0.05, 0) is 18.2 Å². The summed E-state index contributed by atoms with van der Waals surface area (Å²) in [4.78, 5) is 0. The second kappa shape index (κ2) is 4.85. The first kappa shape index (κ1) is 10.8. The van der Waals surface area contributed by atoms with E-state index in [1.807, 2.05) is 6.07 Å². The number of hydrogen-bond donors (Lipinski definition) is 1. The molecule has 0 unspecified atom stereocenters. The predicted molar refractivity (Wildman–Crippen MR) is 55.2 cm³/mol. The summed E-state index contributed by atoms with van der Waals surface area (Å²) in [5.41, 5.74) is 6.55. The highest BCUT2D eigenvalue weighted by atomic mass is 35.5. The summed E-state index contributed by atoms with van der Waals surface area (Å²) >= 11 is 5.82. The van der Waals surface area contributed by atoms with Gasteiger partial charge in [0.1, 0.15) is 5.75 Å². The van der Waals surface area contributed by atoms with Gasteiger partial charge in [0, 0.05) is 16.6 Å². The molecule has 3 nitrogen and oxygen atoms in total. The molecule has 0 aliphatic heterocycles. The number of methoxy groups -OCH3 is 1. The molecule has 0 aromatic heterocycles. The van der Waals surface area contributed by atoms with Crippen LogP contribution in [0.4, 0.5) is 0 Å². The Morgan fingerprint density at radius 1 is 1.64 bits per heavy atom. The van der Waals surface area contributed by atoms with Crippen LogP contribution >= 0.6 is 11.6 Å². The summed E-state index contributed by atoms with van der Waals surface area (Å²) in [5.74, 6) is 0.664. The Kier molecular flexibility index (Phi) is 3.75. The van der Waals surface area contributed by atoms with E-state index in [1.54, 1.807) is 25.3 Å². The van der Waals surface area contributed by atoms with Gasteiger partial charge < -0.3 is 10.5 Å². The molecule has 0 amide bonds. The van der Waals surface area contributed by atoms with Crippen molar-refractivity contribution in [3.05, 3.63) is 28.8 Å². The molecule has 74 valence electrons. The van der Waals surface area contributed by atoms with Gasteiger partial charge in [-0.3, -0.25) is 0 Å². The molecule has 0 aliphatic rings. The lowest BCUT2D eigenvalue weighted by Crippen LogP contribution is -2.10. The molecule has 1 aromatic rings. The molecule has 0 fully saturated rings. The van der Waals surface area contributed by atoms with E-state index in [1.165, 1.54) is 0 Å². The van der Waals surface area contributed by atoms with E-state index in [-0.39, 0.29) is 12.5 Å². The van der Waals surface area contributed by atoms with E-state index in [0.717, 1.165) is 5.56 Å². The fourth-order valence-corrected chi connectivity index (χ4v) is 1.38. The fraction of sp³-hybridized carbons (Fsp3) is 0.300. The minimum atomic E-state index is -0.353. The highest BCUT2D eigenvalue weighted by Crippen LogP contribution is 2.28. The second-order valence-corrected chi connectivity index (χ2v) is 3.29. The Labute approximate surface area is 88.0 Å². The van der Waals surface area contributed by atoms with Crippen molar-refractivity contribution in [3.63, 3.8) is 0 Å². The van der Waals surface area contributed by atoms with Crippen molar-refractivity contribution in [1.82, 2.24) is 0 Å². The van der Waals surface area contributed by atoms with Crippen molar-refractivity contribution < 1.29 is 4.74 Å². The van der Waals surface area contributed by atoms with Crippen LogP contribution in [0.1, 0.15) is 18.0 Å². The standard InChI is InChI=1S/C10H11ClN2O/c1-14-10-3-2-7(11)6-8(10)9(13)4-5-12/h2-3,6,9H,4,13H2,1H3/t9-/m0/s1. The van der Waals surface area contributed by atoms with Gasteiger partial charge in [-0.1, -0.05) is 11.6 Å². The Hall–Kier alpha value is -1.24. The van der Waals surface area contributed by atoms with Gasteiger partial charge in [0.05, 0.1) is 19.6 Å². The second-order valence-electron chi connectivity index (χ2n) is 2.86. The van der Waals surface area contributed by atoms with Gasteiger partial charge in [-0.25, -0.2) is 0 Å². The van der Waals surface area contributed by atoms with Crippen LogP contribution in [0.2, 0.25) is 5.02 Å². The molecule has 2 N–H and O–H groups in total. The van der Waals surface area contributed by atoms with Crippen LogP contribution in [0.3, 0.4) is 0 Å². The zero-order valence-corrected chi connectivity index (χ0v) is 8.58. The molecule has 1 atom stereocenters. The lowest BCUT2D eigenvalue weighted by atomic mass is 10.0. The van der Waals surface area contributed by atoms with E-state index in [2.05, 4.69) is 0 Å². The van der Waals surface area contributed by atoms with Gasteiger partial charge in [-0.15, -0.1) is 0 Å². The smallest absolute Gasteiger partial charge is 0.123 e. The van der Waals surface area contributed by atoms with Crippen molar-refractivity contribution in [2.75, 3.05) is 7.11 Å². The molecule has 0 saturated carbocycles. The number of hydrogen-bond acceptors (Lipinski definition) is 3. The zero-order chi connectivity index (χ0) is 10.6. The van der Waals surface area contributed by atoms with Crippen molar-refractivity contribution in [3.8, 4) is 11.8 Å². The van der Waals surface area contributed by atoms with Crippen molar-refractivity contribution in [2.24, 2.45) is 5.73 Å². The molecule has 0 radical (unpaired) electrons. The number of nitriles is 1. The number of ether oxygens (including phenoxy) is 1. The van der Waals surface area contributed by atoms with Crippen LogP contribution < -0.4 is 10.5 Å². The third kappa shape index (κ3) is 2.38. The fourth-order valence-electron chi connectivity index (χ4n) is 1.20. The van der Waals surface area contributed by atoms with E-state index in [9.17, 15) is 0 Å². The monoisotopic (exact) mass is 210 g/mol. The lowest BCUT2D eigenvalue weighted by molar-refractivity contribution is 0.406. The molecule has 1 aromatic carbocycles. The Morgan fingerprint density at radius 3 is 2.93 bits per heavy atom. The third-order valence-electron chi connectivity index (χ3n) is 1.90. The number of rotatable bonds is 3. The Bertz CT molecular complexity index is 360. The summed E-state index contributed by atoms with van der Waals surface area (Å²) in [6.07, 6.45) is 0.247. The maximum Gasteiger partial charge on any atom is 0.123 e. The molecule has 0 bridgehead atoms. The largest absolute Gasteiger partial charge is 0.496 e. The van der Waals surface area contributed by atoms with Crippen LogP contribution in [0.15, 0.2) is 18.2 Å². The topological polar surface area (TPSA) is 59.0 Å². The maximum absolute atomic E-state index is 8.53. The normalized spacial score (nSPS) is 11.9. The van der Waals surface area contributed by atoms with Crippen LogP contribution in [-0.4, -0.2) is 7.11 Å². The van der Waals surface area contributed by atoms with Gasteiger partial charge in [-0.2, -0.15) is 5.26 Å². The highest BCUT2D eigenvalue weighted by molar-refractivity contribution is 6.30. The number of nitrogens with zero attached hydrogens (tertiary/aromatic N) is 1. The first-order chi connectivity index (χ1) is 6.69. The molecule has 0 aliphatic carbocycles. The minimum absolute atomic E-state index is 0.247.